The van der Waals surface area contributed by atoms with E-state index in [-0.39, 0.29) is 17.0 Å². The molecule has 3 aromatic rings. The zero-order chi connectivity index (χ0) is 18.5. The van der Waals surface area contributed by atoms with Gasteiger partial charge >= 0.3 is 0 Å². The maximum Gasteiger partial charge on any atom is 0.233 e. The smallest absolute Gasteiger partial charge is 0.233 e. The number of halogens is 1. The van der Waals surface area contributed by atoms with Crippen molar-refractivity contribution in [2.75, 3.05) is 6.54 Å². The van der Waals surface area contributed by atoms with Gasteiger partial charge in [-0.1, -0.05) is 30.0 Å². The minimum atomic E-state index is -0.348. The van der Waals surface area contributed by atoms with Crippen LogP contribution in [0.3, 0.4) is 0 Å². The van der Waals surface area contributed by atoms with Crippen LogP contribution in [0.2, 0.25) is 0 Å². The molecule has 2 heterocycles. The molecule has 1 aromatic carbocycles. The maximum absolute atomic E-state index is 14.0. The molecule has 0 saturated heterocycles. The SMILES string of the molecule is CC(Sc1nnc(-c2ccccc2F)n1C)C(=O)NCCc1cccs1. The number of nitrogens with zero attached hydrogens (tertiary/aromatic N) is 3. The first-order valence-electron chi connectivity index (χ1n) is 8.17. The van der Waals surface area contributed by atoms with E-state index in [1.165, 1.54) is 22.7 Å². The molecule has 0 aliphatic heterocycles. The highest BCUT2D eigenvalue weighted by Gasteiger charge is 2.20. The lowest BCUT2D eigenvalue weighted by Crippen LogP contribution is -2.32. The summed E-state index contributed by atoms with van der Waals surface area (Å²) in [5.41, 5.74) is 0.391. The Bertz CT molecular complexity index is 879. The molecule has 2 aromatic heterocycles. The molecule has 0 saturated carbocycles. The van der Waals surface area contributed by atoms with Gasteiger partial charge in [0.2, 0.25) is 5.91 Å². The standard InChI is InChI=1S/C18H19FN4OS2/c1-12(17(24)20-10-9-13-6-5-11-25-13)26-18-22-21-16(23(18)2)14-7-3-4-8-15(14)19/h3-8,11-12H,9-10H2,1-2H3,(H,20,24). The summed E-state index contributed by atoms with van der Waals surface area (Å²) >= 11 is 2.99. The number of amides is 1. The van der Waals surface area contributed by atoms with Crippen LogP contribution < -0.4 is 5.32 Å². The van der Waals surface area contributed by atoms with Crippen LogP contribution in [-0.2, 0) is 18.3 Å². The van der Waals surface area contributed by atoms with Gasteiger partial charge in [0.15, 0.2) is 11.0 Å². The quantitative estimate of drug-likeness (QED) is 0.627. The molecule has 0 aliphatic carbocycles. The van der Waals surface area contributed by atoms with Crippen molar-refractivity contribution >= 4 is 29.0 Å². The molecule has 26 heavy (non-hydrogen) atoms. The first-order chi connectivity index (χ1) is 12.6. The van der Waals surface area contributed by atoms with Gasteiger partial charge in [0, 0.05) is 18.5 Å². The Balaban J connectivity index is 1.60. The lowest BCUT2D eigenvalue weighted by molar-refractivity contribution is -0.120. The summed E-state index contributed by atoms with van der Waals surface area (Å²) < 4.78 is 15.7. The number of rotatable bonds is 7. The van der Waals surface area contributed by atoms with Crippen LogP contribution in [-0.4, -0.2) is 32.5 Å². The van der Waals surface area contributed by atoms with E-state index in [4.69, 9.17) is 0 Å². The number of hydrogen-bond donors (Lipinski definition) is 1. The minimum absolute atomic E-state index is 0.0537. The Morgan fingerprint density at radius 2 is 2.12 bits per heavy atom. The van der Waals surface area contributed by atoms with E-state index in [0.717, 1.165) is 6.42 Å². The summed E-state index contributed by atoms with van der Waals surface area (Å²) in [5.74, 6) is 0.0387. The Morgan fingerprint density at radius 1 is 1.31 bits per heavy atom. The number of nitrogens with one attached hydrogen (secondary N) is 1. The normalized spacial score (nSPS) is 12.1. The highest BCUT2D eigenvalue weighted by atomic mass is 32.2. The largest absolute Gasteiger partial charge is 0.355 e. The molecule has 0 aliphatic rings. The zero-order valence-corrected chi connectivity index (χ0v) is 16.1. The summed E-state index contributed by atoms with van der Waals surface area (Å²) in [5, 5.41) is 13.4. The number of benzene rings is 1. The summed E-state index contributed by atoms with van der Waals surface area (Å²) in [7, 11) is 1.77. The molecule has 0 radical (unpaired) electrons. The Kier molecular flexibility index (Phi) is 6.05. The lowest BCUT2D eigenvalue weighted by atomic mass is 10.2. The molecule has 1 unspecified atom stereocenters. The second-order valence-corrected chi connectivity index (χ2v) is 8.07. The van der Waals surface area contributed by atoms with E-state index in [1.54, 1.807) is 41.2 Å². The van der Waals surface area contributed by atoms with E-state index < -0.39 is 0 Å². The maximum atomic E-state index is 14.0. The molecule has 1 amide bonds. The van der Waals surface area contributed by atoms with Gasteiger partial charge in [0.05, 0.1) is 10.8 Å². The number of carbonyl (C=O) groups excluding carboxylic acids is 1. The van der Waals surface area contributed by atoms with E-state index in [2.05, 4.69) is 21.6 Å². The van der Waals surface area contributed by atoms with Crippen LogP contribution in [0, 0.1) is 5.82 Å². The van der Waals surface area contributed by atoms with Crippen molar-refractivity contribution in [3.05, 3.63) is 52.5 Å². The van der Waals surface area contributed by atoms with Crippen molar-refractivity contribution in [3.63, 3.8) is 0 Å². The third-order valence-corrected chi connectivity index (χ3v) is 5.92. The highest BCUT2D eigenvalue weighted by Crippen LogP contribution is 2.26. The van der Waals surface area contributed by atoms with Gasteiger partial charge in [-0.2, -0.15) is 0 Å². The van der Waals surface area contributed by atoms with Crippen molar-refractivity contribution in [2.24, 2.45) is 7.05 Å². The van der Waals surface area contributed by atoms with Crippen molar-refractivity contribution in [2.45, 2.75) is 23.8 Å². The van der Waals surface area contributed by atoms with Crippen LogP contribution in [0.15, 0.2) is 46.9 Å². The van der Waals surface area contributed by atoms with Crippen LogP contribution in [0.4, 0.5) is 4.39 Å². The lowest BCUT2D eigenvalue weighted by Gasteiger charge is -2.11. The second kappa shape index (κ2) is 8.46. The molecule has 1 atom stereocenters. The molecule has 0 spiro atoms. The summed E-state index contributed by atoms with van der Waals surface area (Å²) in [4.78, 5) is 13.5. The molecule has 8 heteroatoms. The van der Waals surface area contributed by atoms with E-state index in [9.17, 15) is 9.18 Å². The van der Waals surface area contributed by atoms with Gasteiger partial charge in [0.1, 0.15) is 5.82 Å². The summed E-state index contributed by atoms with van der Waals surface area (Å²) in [6.07, 6.45) is 0.822. The first kappa shape index (κ1) is 18.6. The van der Waals surface area contributed by atoms with Crippen molar-refractivity contribution in [1.29, 1.82) is 0 Å². The molecule has 5 nitrogen and oxygen atoms in total. The molecule has 1 N–H and O–H groups in total. The van der Waals surface area contributed by atoms with Crippen molar-refractivity contribution in [1.82, 2.24) is 20.1 Å². The third kappa shape index (κ3) is 4.31. The Morgan fingerprint density at radius 3 is 2.85 bits per heavy atom. The fourth-order valence-electron chi connectivity index (χ4n) is 2.41. The fraction of sp³-hybridized carbons (Fsp3) is 0.278. The van der Waals surface area contributed by atoms with Crippen LogP contribution in [0.5, 0.6) is 0 Å². The van der Waals surface area contributed by atoms with Crippen LogP contribution >= 0.6 is 23.1 Å². The van der Waals surface area contributed by atoms with Crippen LogP contribution in [0.1, 0.15) is 11.8 Å². The Hall–Kier alpha value is -2.19. The average Bonchev–Trinajstić information content (AvgIpc) is 3.26. The monoisotopic (exact) mass is 390 g/mol. The number of thioether (sulfide) groups is 1. The zero-order valence-electron chi connectivity index (χ0n) is 14.5. The predicted octanol–water partition coefficient (Wildman–Crippen LogP) is 3.52. The topological polar surface area (TPSA) is 59.8 Å². The fourth-order valence-corrected chi connectivity index (χ4v) is 3.96. The molecule has 0 bridgehead atoms. The predicted molar refractivity (Wildman–Crippen MR) is 103 cm³/mol. The highest BCUT2D eigenvalue weighted by molar-refractivity contribution is 8.00. The third-order valence-electron chi connectivity index (χ3n) is 3.85. The Labute approximate surface area is 159 Å². The number of thiophene rings is 1. The van der Waals surface area contributed by atoms with Gasteiger partial charge < -0.3 is 9.88 Å². The molecule has 136 valence electrons. The molecular formula is C18H19FN4OS2. The number of hydrogen-bond acceptors (Lipinski definition) is 5. The average molecular weight is 391 g/mol. The van der Waals surface area contributed by atoms with Crippen molar-refractivity contribution < 1.29 is 9.18 Å². The second-order valence-electron chi connectivity index (χ2n) is 5.73. The summed E-state index contributed by atoms with van der Waals surface area (Å²) in [6, 6.07) is 10.5. The van der Waals surface area contributed by atoms with E-state index in [0.29, 0.717) is 23.1 Å². The number of aromatic nitrogens is 3. The number of carbonyl (C=O) groups is 1. The molecule has 3 rings (SSSR count). The summed E-state index contributed by atoms with van der Waals surface area (Å²) in [6.45, 7) is 2.42. The minimum Gasteiger partial charge on any atom is -0.355 e. The first-order valence-corrected chi connectivity index (χ1v) is 9.93. The van der Waals surface area contributed by atoms with Crippen molar-refractivity contribution in [3.8, 4) is 11.4 Å². The molecular weight excluding hydrogens is 371 g/mol. The van der Waals surface area contributed by atoms with Gasteiger partial charge in [-0.05, 0) is 36.9 Å². The van der Waals surface area contributed by atoms with E-state index in [1.807, 2.05) is 18.4 Å². The van der Waals surface area contributed by atoms with Gasteiger partial charge in [-0.25, -0.2) is 4.39 Å². The molecule has 0 fully saturated rings. The van der Waals surface area contributed by atoms with Gasteiger partial charge in [-0.3, -0.25) is 4.79 Å². The van der Waals surface area contributed by atoms with Crippen LogP contribution in [0.25, 0.3) is 11.4 Å². The van der Waals surface area contributed by atoms with Gasteiger partial charge in [0.25, 0.3) is 0 Å². The van der Waals surface area contributed by atoms with E-state index >= 15 is 0 Å². The van der Waals surface area contributed by atoms with Gasteiger partial charge in [-0.15, -0.1) is 21.5 Å².